The zero-order valence-electron chi connectivity index (χ0n) is 17.0. The maximum atomic E-state index is 6.14. The minimum atomic E-state index is -0.0646. The molecule has 0 radical (unpaired) electrons. The van der Waals surface area contributed by atoms with Crippen molar-refractivity contribution in [2.75, 3.05) is 7.11 Å². The maximum Gasteiger partial charge on any atom is 0.280 e. The van der Waals surface area contributed by atoms with Crippen LogP contribution in [0.2, 0.25) is 0 Å². The Hall–Kier alpha value is -3.52. The highest BCUT2D eigenvalue weighted by molar-refractivity contribution is 5.59. The van der Waals surface area contributed by atoms with Crippen LogP contribution in [0.1, 0.15) is 28.5 Å². The van der Waals surface area contributed by atoms with E-state index in [9.17, 15) is 0 Å². The topological polar surface area (TPSA) is 88.1 Å². The van der Waals surface area contributed by atoms with Gasteiger partial charge in [-0.2, -0.15) is 4.98 Å². The van der Waals surface area contributed by atoms with E-state index in [0.717, 1.165) is 17.0 Å². The van der Waals surface area contributed by atoms with Crippen LogP contribution < -0.4 is 4.74 Å². The first-order valence-corrected chi connectivity index (χ1v) is 9.72. The number of hydrogen-bond donors (Lipinski definition) is 0. The van der Waals surface area contributed by atoms with Crippen LogP contribution in [0.3, 0.4) is 0 Å². The molecule has 2 aromatic carbocycles. The van der Waals surface area contributed by atoms with Crippen molar-refractivity contribution in [3.63, 3.8) is 0 Å². The van der Waals surface area contributed by atoms with Gasteiger partial charge in [0.25, 0.3) is 5.89 Å². The van der Waals surface area contributed by atoms with Crippen molar-refractivity contribution in [1.82, 2.24) is 25.1 Å². The Morgan fingerprint density at radius 3 is 2.70 bits per heavy atom. The Labute approximate surface area is 173 Å². The summed E-state index contributed by atoms with van der Waals surface area (Å²) >= 11 is 0. The molecule has 3 heterocycles. The molecule has 8 heteroatoms. The highest BCUT2D eigenvalue weighted by Crippen LogP contribution is 2.32. The Bertz CT molecular complexity index is 1200. The number of hydrogen-bond acceptors (Lipinski definition) is 7. The van der Waals surface area contributed by atoms with Crippen molar-refractivity contribution in [1.29, 1.82) is 0 Å². The smallest absolute Gasteiger partial charge is 0.280 e. The van der Waals surface area contributed by atoms with E-state index in [2.05, 4.69) is 52.5 Å². The molecule has 30 heavy (non-hydrogen) atoms. The van der Waals surface area contributed by atoms with Gasteiger partial charge in [0.05, 0.1) is 26.0 Å². The summed E-state index contributed by atoms with van der Waals surface area (Å²) in [5.74, 6) is 1.58. The molecule has 0 N–H and O–H groups in total. The molecule has 4 aromatic rings. The van der Waals surface area contributed by atoms with Gasteiger partial charge >= 0.3 is 0 Å². The Morgan fingerprint density at radius 2 is 1.93 bits per heavy atom. The van der Waals surface area contributed by atoms with Gasteiger partial charge in [-0.15, -0.1) is 5.10 Å². The third-order valence-electron chi connectivity index (χ3n) is 5.35. The van der Waals surface area contributed by atoms with Crippen molar-refractivity contribution in [3.8, 4) is 28.7 Å². The molecule has 0 saturated heterocycles. The summed E-state index contributed by atoms with van der Waals surface area (Å²) in [6.45, 7) is 5.16. The van der Waals surface area contributed by atoms with Gasteiger partial charge in [-0.25, -0.2) is 4.68 Å². The molecule has 0 aliphatic carbocycles. The monoisotopic (exact) mass is 403 g/mol. The highest BCUT2D eigenvalue weighted by atomic mass is 16.5. The van der Waals surface area contributed by atoms with Gasteiger partial charge in [-0.05, 0) is 49.2 Å². The molecule has 2 aromatic heterocycles. The van der Waals surface area contributed by atoms with E-state index in [1.54, 1.807) is 7.11 Å². The third kappa shape index (κ3) is 3.25. The van der Waals surface area contributed by atoms with Crippen LogP contribution in [0, 0.1) is 13.8 Å². The molecule has 152 valence electrons. The number of nitrogens with zero attached hydrogens (tertiary/aromatic N) is 5. The first kappa shape index (κ1) is 18.5. The lowest BCUT2D eigenvalue weighted by Crippen LogP contribution is -2.22. The van der Waals surface area contributed by atoms with Gasteiger partial charge in [0.15, 0.2) is 5.69 Å². The van der Waals surface area contributed by atoms with E-state index >= 15 is 0 Å². The lowest BCUT2D eigenvalue weighted by atomic mass is 10.0. The molecule has 0 saturated carbocycles. The minimum Gasteiger partial charge on any atom is -0.497 e. The number of aryl methyl sites for hydroxylation is 2. The van der Waals surface area contributed by atoms with Crippen molar-refractivity contribution in [3.05, 3.63) is 64.8 Å². The first-order chi connectivity index (χ1) is 14.6. The Morgan fingerprint density at radius 1 is 1.10 bits per heavy atom. The summed E-state index contributed by atoms with van der Waals surface area (Å²) in [4.78, 5) is 4.50. The van der Waals surface area contributed by atoms with E-state index in [4.69, 9.17) is 14.0 Å². The highest BCUT2D eigenvalue weighted by Gasteiger charge is 2.28. The van der Waals surface area contributed by atoms with Crippen molar-refractivity contribution in [2.24, 2.45) is 0 Å². The van der Waals surface area contributed by atoms with Crippen LogP contribution in [0.25, 0.3) is 23.0 Å². The summed E-state index contributed by atoms with van der Waals surface area (Å²) < 4.78 is 18.7. The Balaban J connectivity index is 1.40. The number of methoxy groups -OCH3 is 1. The molecule has 0 fully saturated rings. The normalized spacial score (nSPS) is 15.8. The fourth-order valence-corrected chi connectivity index (χ4v) is 3.73. The average Bonchev–Trinajstić information content (AvgIpc) is 3.40. The van der Waals surface area contributed by atoms with E-state index < -0.39 is 0 Å². The van der Waals surface area contributed by atoms with Crippen LogP contribution in [0.15, 0.2) is 47.0 Å². The largest absolute Gasteiger partial charge is 0.497 e. The fourth-order valence-electron chi connectivity index (χ4n) is 3.73. The second-order valence-corrected chi connectivity index (χ2v) is 7.38. The summed E-state index contributed by atoms with van der Waals surface area (Å²) in [7, 11) is 1.63. The first-order valence-electron chi connectivity index (χ1n) is 9.72. The minimum absolute atomic E-state index is 0.0646. The fraction of sp³-hybridized carbons (Fsp3) is 0.273. The van der Waals surface area contributed by atoms with E-state index in [1.807, 2.05) is 28.9 Å². The zero-order valence-corrected chi connectivity index (χ0v) is 17.0. The van der Waals surface area contributed by atoms with Crippen LogP contribution in [0.5, 0.6) is 5.75 Å². The summed E-state index contributed by atoms with van der Waals surface area (Å²) in [6, 6.07) is 13.9. The molecule has 5 rings (SSSR count). The molecule has 1 aliphatic heterocycles. The van der Waals surface area contributed by atoms with Gasteiger partial charge < -0.3 is 14.0 Å². The van der Waals surface area contributed by atoms with E-state index in [0.29, 0.717) is 30.6 Å². The zero-order chi connectivity index (χ0) is 20.7. The van der Waals surface area contributed by atoms with Crippen molar-refractivity contribution < 1.29 is 14.0 Å². The average molecular weight is 403 g/mol. The van der Waals surface area contributed by atoms with E-state index in [1.165, 1.54) is 16.7 Å². The molecule has 0 amide bonds. The van der Waals surface area contributed by atoms with Crippen LogP contribution in [-0.4, -0.2) is 32.2 Å². The molecule has 8 nitrogen and oxygen atoms in total. The maximum absolute atomic E-state index is 6.14. The molecular weight excluding hydrogens is 382 g/mol. The summed E-state index contributed by atoms with van der Waals surface area (Å²) in [6.07, 6.45) is -0.0646. The van der Waals surface area contributed by atoms with Crippen LogP contribution >= 0.6 is 0 Å². The SMILES string of the molecule is COc1ccc(-c2noc(-c3nnn4c3COC(c3ccc(C)cc3C)C4)n2)cc1. The number of fused-ring (bicyclic) bond motifs is 1. The second-order valence-electron chi connectivity index (χ2n) is 7.38. The predicted octanol–water partition coefficient (Wildman–Crippen LogP) is 3.89. The van der Waals surface area contributed by atoms with Gasteiger partial charge in [-0.1, -0.05) is 34.1 Å². The molecule has 0 bridgehead atoms. The molecular formula is C22H21N5O3. The van der Waals surface area contributed by atoms with E-state index in [-0.39, 0.29) is 6.10 Å². The second kappa shape index (κ2) is 7.38. The van der Waals surface area contributed by atoms with Gasteiger partial charge in [0.2, 0.25) is 5.82 Å². The number of aromatic nitrogens is 5. The molecule has 0 spiro atoms. The lowest BCUT2D eigenvalue weighted by molar-refractivity contribution is -0.00153. The summed E-state index contributed by atoms with van der Waals surface area (Å²) in [5, 5.41) is 12.7. The van der Waals surface area contributed by atoms with Gasteiger partial charge in [-0.3, -0.25) is 0 Å². The predicted molar refractivity (Wildman–Crippen MR) is 109 cm³/mol. The number of rotatable bonds is 4. The molecule has 1 unspecified atom stereocenters. The van der Waals surface area contributed by atoms with Crippen LogP contribution in [-0.2, 0) is 17.9 Å². The molecule has 1 aliphatic rings. The van der Waals surface area contributed by atoms with Gasteiger partial charge in [0, 0.05) is 5.56 Å². The molecule has 1 atom stereocenters. The summed E-state index contributed by atoms with van der Waals surface area (Å²) in [5.41, 5.74) is 5.84. The van der Waals surface area contributed by atoms with Crippen LogP contribution in [0.4, 0.5) is 0 Å². The standard InChI is InChI=1S/C22H21N5O3/c1-13-4-9-17(14(2)10-13)19-11-27-18(12-29-19)20(24-26-27)22-23-21(25-30-22)15-5-7-16(28-3)8-6-15/h4-10,19H,11-12H2,1-3H3. The number of ether oxygens (including phenoxy) is 2. The third-order valence-corrected chi connectivity index (χ3v) is 5.35. The number of benzene rings is 2. The van der Waals surface area contributed by atoms with Crippen molar-refractivity contribution >= 4 is 0 Å². The Kier molecular flexibility index (Phi) is 4.55. The van der Waals surface area contributed by atoms with Crippen molar-refractivity contribution in [2.45, 2.75) is 33.1 Å². The quantitative estimate of drug-likeness (QED) is 0.511. The lowest BCUT2D eigenvalue weighted by Gasteiger charge is -2.25. The van der Waals surface area contributed by atoms with Gasteiger partial charge in [0.1, 0.15) is 11.9 Å².